The van der Waals surface area contributed by atoms with E-state index in [-0.39, 0.29) is 19.4 Å². The molecule has 0 saturated carbocycles. The molecule has 0 amide bonds. The first-order valence-electron chi connectivity index (χ1n) is 13.3. The van der Waals surface area contributed by atoms with Crippen molar-refractivity contribution in [3.05, 3.63) is 66.2 Å². The van der Waals surface area contributed by atoms with Gasteiger partial charge in [-0.25, -0.2) is 4.79 Å². The number of hydrogen-bond donors (Lipinski definition) is 0. The highest BCUT2D eigenvalue weighted by Crippen LogP contribution is 2.45. The zero-order valence-electron chi connectivity index (χ0n) is 23.8. The molecular weight excluding hydrogens is 568 g/mol. The summed E-state index contributed by atoms with van der Waals surface area (Å²) in [6.07, 6.45) is -4.80. The molecule has 1 fully saturated rings. The van der Waals surface area contributed by atoms with E-state index in [2.05, 4.69) is 0 Å². The first kappa shape index (κ1) is 32.6. The Kier molecular flexibility index (Phi) is 11.9. The van der Waals surface area contributed by atoms with Gasteiger partial charge in [0.15, 0.2) is 12.2 Å². The minimum absolute atomic E-state index is 0.0293. The van der Waals surface area contributed by atoms with Crippen LogP contribution in [0.25, 0.3) is 0 Å². The van der Waals surface area contributed by atoms with Crippen LogP contribution in [0.5, 0.6) is 0 Å². The van der Waals surface area contributed by atoms with Gasteiger partial charge in [-0.3, -0.25) is 19.2 Å². The van der Waals surface area contributed by atoms with Crippen molar-refractivity contribution in [2.45, 2.75) is 81.4 Å². The summed E-state index contributed by atoms with van der Waals surface area (Å²) in [5.74, 6) is -3.49. The fraction of sp³-hybridized carbons (Fsp3) is 0.433. The molecule has 5 atom stereocenters. The normalized spacial score (nSPS) is 21.2. The highest BCUT2D eigenvalue weighted by molar-refractivity contribution is 8.01. The Hall–Kier alpha value is -3.90. The largest absolute Gasteiger partial charge is 0.462 e. The standard InChI is InChI=1S/C30H34O11S/c1-19(31)36-18-27(39-21(3)33)28(40-22(4)34)26-15-24(38-20(2)32)16-30(41-26,42-25-13-9-6-10-14-25)29(35)37-17-23-11-7-5-8-12-23/h5-14,24,26-28H,15-18H2,1-4H3/t24-,26?,27+,28-,30+/m0/s1. The van der Waals surface area contributed by atoms with Crippen LogP contribution in [0.4, 0.5) is 0 Å². The molecule has 1 saturated heterocycles. The molecule has 1 aliphatic rings. The molecule has 1 unspecified atom stereocenters. The summed E-state index contributed by atoms with van der Waals surface area (Å²) in [5.41, 5.74) is 0.740. The summed E-state index contributed by atoms with van der Waals surface area (Å²) >= 11 is 1.05. The van der Waals surface area contributed by atoms with Crippen molar-refractivity contribution < 1.29 is 52.4 Å². The molecule has 11 nitrogen and oxygen atoms in total. The quantitative estimate of drug-likeness (QED) is 0.258. The van der Waals surface area contributed by atoms with E-state index in [0.717, 1.165) is 31.2 Å². The predicted octanol–water partition coefficient (Wildman–Crippen LogP) is 3.76. The number of ether oxygens (including phenoxy) is 6. The molecule has 0 bridgehead atoms. The van der Waals surface area contributed by atoms with Crippen molar-refractivity contribution in [3.8, 4) is 0 Å². The Bertz CT molecular complexity index is 1240. The van der Waals surface area contributed by atoms with E-state index < -0.39 is 65.8 Å². The topological polar surface area (TPSA) is 141 Å². The molecule has 0 aliphatic carbocycles. The molecular formula is C30H34O11S. The fourth-order valence-electron chi connectivity index (χ4n) is 4.45. The van der Waals surface area contributed by atoms with E-state index in [1.54, 1.807) is 36.4 Å². The summed E-state index contributed by atoms with van der Waals surface area (Å²) in [6.45, 7) is 4.18. The van der Waals surface area contributed by atoms with Crippen molar-refractivity contribution in [3.63, 3.8) is 0 Å². The van der Waals surface area contributed by atoms with Gasteiger partial charge < -0.3 is 28.4 Å². The average molecular weight is 603 g/mol. The summed E-state index contributed by atoms with van der Waals surface area (Å²) in [4.78, 5) is 60.7. The van der Waals surface area contributed by atoms with Crippen LogP contribution in [-0.4, -0.2) is 65.8 Å². The summed E-state index contributed by atoms with van der Waals surface area (Å²) in [7, 11) is 0. The number of carbonyl (C=O) groups is 5. The van der Waals surface area contributed by atoms with E-state index in [0.29, 0.717) is 4.90 Å². The van der Waals surface area contributed by atoms with E-state index in [4.69, 9.17) is 28.4 Å². The van der Waals surface area contributed by atoms with Gasteiger partial charge in [-0.2, -0.15) is 0 Å². The van der Waals surface area contributed by atoms with E-state index >= 15 is 0 Å². The lowest BCUT2D eigenvalue weighted by atomic mass is 9.94. The van der Waals surface area contributed by atoms with Crippen LogP contribution in [0, 0.1) is 0 Å². The van der Waals surface area contributed by atoms with Crippen LogP contribution in [0.1, 0.15) is 46.1 Å². The zero-order valence-corrected chi connectivity index (χ0v) is 24.6. The molecule has 3 rings (SSSR count). The van der Waals surface area contributed by atoms with E-state index in [1.165, 1.54) is 13.8 Å². The number of rotatable bonds is 12. The average Bonchev–Trinajstić information content (AvgIpc) is 2.93. The third kappa shape index (κ3) is 9.88. The number of hydrogen-bond acceptors (Lipinski definition) is 12. The number of benzene rings is 2. The second kappa shape index (κ2) is 15.4. The minimum atomic E-state index is -1.78. The maximum atomic E-state index is 13.9. The molecule has 0 spiro atoms. The highest BCUT2D eigenvalue weighted by atomic mass is 32.2. The van der Waals surface area contributed by atoms with Crippen molar-refractivity contribution in [1.82, 2.24) is 0 Å². The molecule has 1 aliphatic heterocycles. The van der Waals surface area contributed by atoms with Crippen molar-refractivity contribution in [2.75, 3.05) is 6.61 Å². The zero-order chi connectivity index (χ0) is 30.7. The van der Waals surface area contributed by atoms with Crippen LogP contribution in [0.3, 0.4) is 0 Å². The summed E-state index contributed by atoms with van der Waals surface area (Å²) < 4.78 is 33.8. The van der Waals surface area contributed by atoms with Crippen LogP contribution < -0.4 is 0 Å². The Labute approximate surface area is 248 Å². The smallest absolute Gasteiger partial charge is 0.349 e. The SMILES string of the molecule is CC(=O)OC[C@@H](OC(C)=O)[C@@H](OC(C)=O)C1C[C@H](OC(C)=O)C[C@@](Sc2ccccc2)(C(=O)OCc2ccccc2)O1. The molecule has 226 valence electrons. The van der Waals surface area contributed by atoms with Gasteiger partial charge in [-0.05, 0) is 17.7 Å². The van der Waals surface area contributed by atoms with Crippen molar-refractivity contribution in [2.24, 2.45) is 0 Å². The molecule has 42 heavy (non-hydrogen) atoms. The van der Waals surface area contributed by atoms with Gasteiger partial charge in [0.25, 0.3) is 0 Å². The van der Waals surface area contributed by atoms with Gasteiger partial charge >= 0.3 is 29.8 Å². The lowest BCUT2D eigenvalue weighted by molar-refractivity contribution is -0.218. The molecule has 0 radical (unpaired) electrons. The monoisotopic (exact) mass is 602 g/mol. The lowest BCUT2D eigenvalue weighted by Crippen LogP contribution is -2.57. The van der Waals surface area contributed by atoms with Gasteiger partial charge in [0.1, 0.15) is 25.4 Å². The maximum Gasteiger partial charge on any atom is 0.349 e. The Morgan fingerprint density at radius 1 is 0.833 bits per heavy atom. The third-order valence-electron chi connectivity index (χ3n) is 6.02. The Morgan fingerprint density at radius 3 is 2.02 bits per heavy atom. The van der Waals surface area contributed by atoms with Crippen LogP contribution >= 0.6 is 11.8 Å². The highest BCUT2D eigenvalue weighted by Gasteiger charge is 2.54. The fourth-order valence-corrected chi connectivity index (χ4v) is 5.71. The van der Waals surface area contributed by atoms with Crippen LogP contribution in [0.15, 0.2) is 65.6 Å². The van der Waals surface area contributed by atoms with Crippen molar-refractivity contribution in [1.29, 1.82) is 0 Å². The molecule has 0 N–H and O–H groups in total. The van der Waals surface area contributed by atoms with Gasteiger partial charge in [0.2, 0.25) is 4.93 Å². The predicted molar refractivity (Wildman–Crippen MR) is 149 cm³/mol. The Morgan fingerprint density at radius 2 is 1.45 bits per heavy atom. The lowest BCUT2D eigenvalue weighted by Gasteiger charge is -2.44. The van der Waals surface area contributed by atoms with Gasteiger partial charge in [0.05, 0.1) is 0 Å². The molecule has 2 aromatic rings. The summed E-state index contributed by atoms with van der Waals surface area (Å²) in [6, 6.07) is 18.0. The molecule has 0 aromatic heterocycles. The van der Waals surface area contributed by atoms with Gasteiger partial charge in [-0.15, -0.1) is 0 Å². The molecule has 2 aromatic carbocycles. The number of carbonyl (C=O) groups excluding carboxylic acids is 5. The third-order valence-corrected chi connectivity index (χ3v) is 7.29. The second-order valence-corrected chi connectivity index (χ2v) is 10.9. The Balaban J connectivity index is 2.05. The van der Waals surface area contributed by atoms with Gasteiger partial charge in [0, 0.05) is 45.4 Å². The summed E-state index contributed by atoms with van der Waals surface area (Å²) in [5, 5.41) is 0. The van der Waals surface area contributed by atoms with E-state index in [1.807, 2.05) is 24.3 Å². The van der Waals surface area contributed by atoms with Crippen molar-refractivity contribution >= 4 is 41.6 Å². The van der Waals surface area contributed by atoms with Crippen LogP contribution in [-0.2, 0) is 59.0 Å². The minimum Gasteiger partial charge on any atom is -0.462 e. The number of esters is 5. The molecule has 12 heteroatoms. The van der Waals surface area contributed by atoms with Crippen LogP contribution in [0.2, 0.25) is 0 Å². The molecule has 1 heterocycles. The maximum absolute atomic E-state index is 13.9. The first-order valence-corrected chi connectivity index (χ1v) is 14.1. The first-order chi connectivity index (χ1) is 20.0. The number of thioether (sulfide) groups is 1. The van der Waals surface area contributed by atoms with Gasteiger partial charge in [-0.1, -0.05) is 60.3 Å². The van der Waals surface area contributed by atoms with E-state index in [9.17, 15) is 24.0 Å². The second-order valence-electron chi connectivity index (χ2n) is 9.58.